The number of anilines is 5. The lowest BCUT2D eigenvalue weighted by Gasteiger charge is -2.09. The third-order valence-corrected chi connectivity index (χ3v) is 18.2. The lowest BCUT2D eigenvalue weighted by atomic mass is 10.1. The summed E-state index contributed by atoms with van der Waals surface area (Å²) in [7, 11) is 9.43. The molecule has 0 saturated heterocycles. The summed E-state index contributed by atoms with van der Waals surface area (Å²) in [6.45, 7) is 7.71. The number of benzene rings is 5. The van der Waals surface area contributed by atoms with Crippen LogP contribution in [0, 0.1) is 56.7 Å². The van der Waals surface area contributed by atoms with Gasteiger partial charge < -0.3 is 94.9 Å². The van der Waals surface area contributed by atoms with Gasteiger partial charge in [0.25, 0.3) is 6.01 Å². The van der Waals surface area contributed by atoms with Crippen molar-refractivity contribution in [3.63, 3.8) is 0 Å². The number of aromatic amines is 1. The SMILES string of the molecule is CCn1c(=O)n(Cc2cccc(C#N)c2)c2nc(OCCOC)nc(N)c21.COCCOc1nc(N)c2[nH]cnc2n1.COCCOc1nc(N)c2nc(OC)n(Cc3cccc(C#N)c3)c2n1.COCCOc1nc(N)c2ncn(Cc3cccc(C#N)c3)c2n1.COCCOc1nc(N)c2ncn(Cc3cccc(C#N)c3)c2n1.N#Cc1cccc(CBr)c1. The van der Waals surface area contributed by atoms with E-state index in [2.05, 4.69) is 121 Å². The maximum atomic E-state index is 12.9. The predicted octanol–water partition coefficient (Wildman–Crippen LogP) is 7.62. The number of nitrogens with zero attached hydrogens (tertiary/aromatic N) is 24. The molecule has 15 rings (SSSR count). The first-order chi connectivity index (χ1) is 61.3. The molecule has 0 aliphatic heterocycles. The van der Waals surface area contributed by atoms with Crippen LogP contribution in [0.2, 0.25) is 0 Å². The number of rotatable bonds is 31. The van der Waals surface area contributed by atoms with Gasteiger partial charge in [0.15, 0.2) is 73.9 Å². The second kappa shape index (κ2) is 46.8. The summed E-state index contributed by atoms with van der Waals surface area (Å²) in [5.74, 6) is 1.22. The molecule has 0 fully saturated rings. The van der Waals surface area contributed by atoms with E-state index in [-0.39, 0.29) is 72.2 Å². The minimum absolute atomic E-state index is 0.0878. The number of nitrogens with one attached hydrogen (secondary N) is 1. The molecule has 0 aliphatic rings. The number of H-pyrrole nitrogens is 1. The Labute approximate surface area is 728 Å². The Hall–Kier alpha value is -15.8. The van der Waals surface area contributed by atoms with E-state index in [0.29, 0.717) is 176 Å². The fourth-order valence-corrected chi connectivity index (χ4v) is 12.1. The highest BCUT2D eigenvalue weighted by Crippen LogP contribution is 2.29. The number of alkyl halides is 1. The van der Waals surface area contributed by atoms with Crippen LogP contribution >= 0.6 is 15.9 Å². The molecule has 5 aromatic carbocycles. The fourth-order valence-electron chi connectivity index (χ4n) is 11.7. The van der Waals surface area contributed by atoms with E-state index < -0.39 is 0 Å². The number of halogens is 1. The maximum absolute atomic E-state index is 12.9. The van der Waals surface area contributed by atoms with E-state index in [0.717, 1.165) is 38.7 Å². The molecule has 0 saturated carbocycles. The molecule has 648 valence electrons. The Morgan fingerprint density at radius 3 is 1.12 bits per heavy atom. The standard InChI is InChI=1S/C18H20N6O3.C17H18N6O3.2C16H16N6O2.C8H6BrN.C8H11N5O2/c1-3-23-14-15(20)21-17(27-8-7-26-2)22-16(14)24(18(23)25)11-13-6-4-5-12(9-13)10-19;1-24-6-7-26-16-21-14(19)13-15(22-16)23(17(20-13)25-2)10-12-5-3-4-11(8-12)9-18;2*1-23-5-6-24-16-20-14(18)13-15(21-16)22(10-19-13)9-12-4-2-3-11(7-12)8-17;9-5-7-2-1-3-8(4-7)6-10;1-14-2-3-15-8-12-6(9)5-7(13-8)11-4-10-5/h4-6,9H,3,7-8,11H2,1-2H3,(H2,20,21,22);3-5,8H,6-7,10H2,1-2H3,(H2,19,21,22);2*2-4,7,10H,5-6,9H2,1H3,(H2,18,20,21);1-4H,5H2;4H,2-3H2,1H3,(H3,9,10,11,12,13). The van der Waals surface area contributed by atoms with Crippen molar-refractivity contribution in [3.8, 4) is 66.4 Å². The van der Waals surface area contributed by atoms with Crippen molar-refractivity contribution < 1.29 is 52.1 Å². The average molecular weight is 1780 g/mol. The van der Waals surface area contributed by atoms with E-state index in [1.165, 1.54) is 22.6 Å². The van der Waals surface area contributed by atoms with Gasteiger partial charge >= 0.3 is 35.7 Å². The molecule has 126 heavy (non-hydrogen) atoms. The Bertz CT molecular complexity index is 6330. The molecule has 0 bridgehead atoms. The van der Waals surface area contributed by atoms with Gasteiger partial charge in [0, 0.05) is 47.4 Å². The number of nitriles is 5. The first-order valence-electron chi connectivity index (χ1n) is 38.2. The molecule has 43 heteroatoms. The molecular formula is C83H87BrN30O12. The van der Waals surface area contributed by atoms with Gasteiger partial charge in [-0.05, 0) is 95.4 Å². The first kappa shape index (κ1) is 92.5. The summed E-state index contributed by atoms with van der Waals surface area (Å²) in [4.78, 5) is 74.6. The number of ether oxygens (including phenoxy) is 11. The van der Waals surface area contributed by atoms with Gasteiger partial charge in [0.2, 0.25) is 0 Å². The van der Waals surface area contributed by atoms with Crippen LogP contribution in [-0.2, 0) is 61.7 Å². The predicted molar refractivity (Wildman–Crippen MR) is 465 cm³/mol. The van der Waals surface area contributed by atoms with E-state index in [9.17, 15) is 4.79 Å². The zero-order valence-electron chi connectivity index (χ0n) is 69.5. The minimum atomic E-state index is -0.245. The van der Waals surface area contributed by atoms with Gasteiger partial charge in [-0.25, -0.2) is 19.7 Å². The molecule has 10 heterocycles. The van der Waals surface area contributed by atoms with Gasteiger partial charge in [0.1, 0.15) is 44.1 Å². The van der Waals surface area contributed by atoms with Crippen LogP contribution in [0.5, 0.6) is 36.1 Å². The number of fused-ring (bicyclic) bond motifs is 5. The molecule has 10 aromatic heterocycles. The van der Waals surface area contributed by atoms with E-state index in [1.54, 1.807) is 101 Å². The molecule has 0 spiro atoms. The van der Waals surface area contributed by atoms with E-state index in [4.69, 9.17) is 107 Å². The first-order valence-corrected chi connectivity index (χ1v) is 39.3. The van der Waals surface area contributed by atoms with Crippen molar-refractivity contribution in [1.29, 1.82) is 26.3 Å². The minimum Gasteiger partial charge on any atom is -0.468 e. The van der Waals surface area contributed by atoms with Gasteiger partial charge in [0.05, 0.1) is 143 Å². The Kier molecular flexibility index (Phi) is 34.4. The van der Waals surface area contributed by atoms with Crippen molar-refractivity contribution in [1.82, 2.24) is 97.6 Å². The number of nitrogen functional groups attached to an aromatic ring is 5. The molecular weight excluding hydrogens is 1690 g/mol. The zero-order chi connectivity index (χ0) is 89.9. The van der Waals surface area contributed by atoms with Crippen molar-refractivity contribution in [2.45, 2.75) is 45.0 Å². The van der Waals surface area contributed by atoms with Crippen molar-refractivity contribution in [3.05, 3.63) is 206 Å². The quantitative estimate of drug-likeness (QED) is 0.0180. The summed E-state index contributed by atoms with van der Waals surface area (Å²) in [6.07, 6.45) is 4.80. The Morgan fingerprint density at radius 1 is 0.381 bits per heavy atom. The van der Waals surface area contributed by atoms with E-state index >= 15 is 0 Å². The maximum Gasteiger partial charge on any atom is 0.330 e. The van der Waals surface area contributed by atoms with Gasteiger partial charge in [-0.1, -0.05) is 76.6 Å². The number of hydrogen-bond acceptors (Lipinski definition) is 36. The molecule has 0 unspecified atom stereocenters. The Balaban J connectivity index is 0.000000161. The van der Waals surface area contributed by atoms with Gasteiger partial charge in [-0.3, -0.25) is 13.7 Å². The third kappa shape index (κ3) is 24.9. The van der Waals surface area contributed by atoms with Crippen molar-refractivity contribution in [2.24, 2.45) is 0 Å². The van der Waals surface area contributed by atoms with Gasteiger partial charge in [-0.2, -0.15) is 81.1 Å². The number of aromatic nitrogens is 20. The summed E-state index contributed by atoms with van der Waals surface area (Å²) < 4.78 is 65.5. The number of aryl methyl sites for hydroxylation is 1. The van der Waals surface area contributed by atoms with E-state index in [1.807, 2.05) is 88.9 Å². The normalized spacial score (nSPS) is 10.6. The number of imidazole rings is 5. The molecule has 15 aromatic rings. The highest BCUT2D eigenvalue weighted by Gasteiger charge is 2.23. The highest BCUT2D eigenvalue weighted by molar-refractivity contribution is 9.08. The topological polar surface area (TPSA) is 589 Å². The monoisotopic (exact) mass is 1770 g/mol. The van der Waals surface area contributed by atoms with Crippen LogP contribution in [0.4, 0.5) is 29.1 Å². The van der Waals surface area contributed by atoms with Crippen LogP contribution in [0.3, 0.4) is 0 Å². The molecule has 11 N–H and O–H groups in total. The van der Waals surface area contributed by atoms with Crippen LogP contribution in [0.15, 0.2) is 145 Å². The van der Waals surface area contributed by atoms with Crippen LogP contribution in [0.1, 0.15) is 62.6 Å². The lowest BCUT2D eigenvalue weighted by Crippen LogP contribution is -2.24. The number of methoxy groups -OCH3 is 6. The molecule has 0 atom stereocenters. The summed E-state index contributed by atoms with van der Waals surface area (Å²) in [5.41, 5.74) is 42.3. The molecule has 0 aliphatic carbocycles. The second-order valence-corrected chi connectivity index (χ2v) is 26.8. The van der Waals surface area contributed by atoms with Gasteiger partial charge in [-0.15, -0.1) is 0 Å². The second-order valence-electron chi connectivity index (χ2n) is 26.2. The van der Waals surface area contributed by atoms with Crippen LogP contribution in [0.25, 0.3) is 55.8 Å². The summed E-state index contributed by atoms with van der Waals surface area (Å²) in [5, 5.41) is 45.5. The number of nitrogens with two attached hydrogens (primary N) is 5. The third-order valence-electron chi connectivity index (χ3n) is 17.6. The molecule has 42 nitrogen and oxygen atoms in total. The summed E-state index contributed by atoms with van der Waals surface area (Å²) >= 11 is 3.31. The lowest BCUT2D eigenvalue weighted by molar-refractivity contribution is 0.141. The average Bonchev–Trinajstić information content (AvgIpc) is 1.61. The molecule has 0 amide bonds. The van der Waals surface area contributed by atoms with Crippen LogP contribution in [-0.4, -0.2) is 206 Å². The molecule has 0 radical (unpaired) electrons. The van der Waals surface area contributed by atoms with Crippen molar-refractivity contribution >= 4 is 101 Å². The highest BCUT2D eigenvalue weighted by atomic mass is 79.9. The summed E-state index contributed by atoms with van der Waals surface area (Å²) in [6, 6.07) is 48.3. The van der Waals surface area contributed by atoms with Crippen molar-refractivity contribution in [2.75, 3.05) is 137 Å². The fraction of sp³-hybridized carbons (Fsp3) is 0.277. The Morgan fingerprint density at radius 2 is 0.730 bits per heavy atom. The zero-order valence-corrected chi connectivity index (χ0v) is 71.1. The van der Waals surface area contributed by atoms with Crippen LogP contribution < -0.4 is 62.8 Å². The smallest absolute Gasteiger partial charge is 0.330 e. The number of hydrogen-bond donors (Lipinski definition) is 6. The largest absolute Gasteiger partial charge is 0.468 e.